The first-order valence-electron chi connectivity index (χ1n) is 7.23. The molecule has 0 spiro atoms. The van der Waals surface area contributed by atoms with E-state index >= 15 is 0 Å². The number of fused-ring (bicyclic) bond motifs is 2. The van der Waals surface area contributed by atoms with Gasteiger partial charge in [-0.1, -0.05) is 36.2 Å². The lowest BCUT2D eigenvalue weighted by Gasteiger charge is -2.35. The number of ketones is 1. The van der Waals surface area contributed by atoms with E-state index in [1.165, 1.54) is 18.4 Å². The Morgan fingerprint density at radius 3 is 2.80 bits per heavy atom. The summed E-state index contributed by atoms with van der Waals surface area (Å²) in [5.41, 5.74) is 1.18. The van der Waals surface area contributed by atoms with Gasteiger partial charge in [0.05, 0.1) is 10.0 Å². The Balaban J connectivity index is 1.96. The van der Waals surface area contributed by atoms with Gasteiger partial charge in [0.25, 0.3) is 0 Å². The summed E-state index contributed by atoms with van der Waals surface area (Å²) in [6.07, 6.45) is 4.16. The molecule has 0 N–H and O–H groups in total. The van der Waals surface area contributed by atoms with Crippen molar-refractivity contribution >= 4 is 40.7 Å². The zero-order valence-electron chi connectivity index (χ0n) is 11.4. The Morgan fingerprint density at radius 1 is 1.30 bits per heavy atom. The molecular formula is C16H18Cl2OS. The minimum absolute atomic E-state index is 0.154. The SMILES string of the molecule is CCC(=O)[C@@H]1[C@@H]2CCC(C[C@@H]1c1ccc(Cl)c(Cl)c1)S2. The summed E-state index contributed by atoms with van der Waals surface area (Å²) >= 11 is 14.2. The fourth-order valence-corrected chi connectivity index (χ4v) is 5.79. The second kappa shape index (κ2) is 5.90. The zero-order valence-corrected chi connectivity index (χ0v) is 13.8. The summed E-state index contributed by atoms with van der Waals surface area (Å²) in [7, 11) is 0. The molecule has 108 valence electrons. The van der Waals surface area contributed by atoms with Crippen molar-refractivity contribution in [2.45, 2.75) is 49.0 Å². The third-order valence-electron chi connectivity index (χ3n) is 4.58. The van der Waals surface area contributed by atoms with Crippen LogP contribution in [0.4, 0.5) is 0 Å². The van der Waals surface area contributed by atoms with Crippen LogP contribution in [-0.2, 0) is 4.79 Å². The minimum atomic E-state index is 0.154. The second-order valence-electron chi connectivity index (χ2n) is 5.74. The predicted molar refractivity (Wildman–Crippen MR) is 87.0 cm³/mol. The molecule has 0 amide bonds. The molecule has 4 atom stereocenters. The van der Waals surface area contributed by atoms with Crippen molar-refractivity contribution in [1.29, 1.82) is 0 Å². The van der Waals surface area contributed by atoms with E-state index in [9.17, 15) is 4.79 Å². The highest BCUT2D eigenvalue weighted by Gasteiger charge is 2.45. The molecule has 2 heterocycles. The number of benzene rings is 1. The van der Waals surface area contributed by atoms with Crippen molar-refractivity contribution in [3.05, 3.63) is 33.8 Å². The molecule has 2 aliphatic heterocycles. The van der Waals surface area contributed by atoms with Crippen LogP contribution in [0.5, 0.6) is 0 Å². The van der Waals surface area contributed by atoms with E-state index in [4.69, 9.17) is 23.2 Å². The van der Waals surface area contributed by atoms with Crippen molar-refractivity contribution in [3.63, 3.8) is 0 Å². The van der Waals surface area contributed by atoms with E-state index in [1.54, 1.807) is 0 Å². The van der Waals surface area contributed by atoms with Crippen molar-refractivity contribution in [1.82, 2.24) is 0 Å². The molecule has 1 aromatic carbocycles. The maximum atomic E-state index is 12.4. The molecule has 2 fully saturated rings. The fourth-order valence-electron chi connectivity index (χ4n) is 3.61. The van der Waals surface area contributed by atoms with Gasteiger partial charge in [0, 0.05) is 22.8 Å². The lowest BCUT2D eigenvalue weighted by atomic mass is 9.78. The Kier molecular flexibility index (Phi) is 4.35. The van der Waals surface area contributed by atoms with Crippen LogP contribution in [0.2, 0.25) is 10.0 Å². The molecule has 0 aliphatic carbocycles. The first-order chi connectivity index (χ1) is 9.60. The Bertz CT molecular complexity index is 531. The highest BCUT2D eigenvalue weighted by molar-refractivity contribution is 8.00. The van der Waals surface area contributed by atoms with Crippen molar-refractivity contribution < 1.29 is 4.79 Å². The average molecular weight is 329 g/mol. The number of halogens is 2. The summed E-state index contributed by atoms with van der Waals surface area (Å²) in [5.74, 6) is 0.871. The maximum Gasteiger partial charge on any atom is 0.137 e. The number of hydrogen-bond acceptors (Lipinski definition) is 2. The number of carbonyl (C=O) groups excluding carboxylic acids is 1. The van der Waals surface area contributed by atoms with Gasteiger partial charge in [-0.05, 0) is 42.9 Å². The van der Waals surface area contributed by atoms with Gasteiger partial charge in [0.1, 0.15) is 5.78 Å². The first kappa shape index (κ1) is 14.7. The smallest absolute Gasteiger partial charge is 0.137 e. The number of Topliss-reactive ketones (excluding diaryl/α,β-unsaturated/α-hetero) is 1. The van der Waals surface area contributed by atoms with Gasteiger partial charge in [0.2, 0.25) is 0 Å². The number of rotatable bonds is 3. The molecule has 4 heteroatoms. The Hall–Kier alpha value is -0.180. The summed E-state index contributed by atoms with van der Waals surface area (Å²) in [4.78, 5) is 12.4. The van der Waals surface area contributed by atoms with E-state index in [0.717, 1.165) is 6.42 Å². The lowest BCUT2D eigenvalue weighted by Crippen LogP contribution is -2.34. The highest BCUT2D eigenvalue weighted by Crippen LogP contribution is 2.53. The van der Waals surface area contributed by atoms with Crippen molar-refractivity contribution in [3.8, 4) is 0 Å². The van der Waals surface area contributed by atoms with Crippen molar-refractivity contribution in [2.75, 3.05) is 0 Å². The van der Waals surface area contributed by atoms with Gasteiger partial charge in [-0.3, -0.25) is 4.79 Å². The van der Waals surface area contributed by atoms with Crippen LogP contribution >= 0.6 is 35.0 Å². The molecule has 2 bridgehead atoms. The van der Waals surface area contributed by atoms with E-state index in [-0.39, 0.29) is 5.92 Å². The van der Waals surface area contributed by atoms with Crippen LogP contribution in [0.3, 0.4) is 0 Å². The van der Waals surface area contributed by atoms with Gasteiger partial charge in [-0.2, -0.15) is 11.8 Å². The van der Waals surface area contributed by atoms with Crippen LogP contribution < -0.4 is 0 Å². The molecule has 1 unspecified atom stereocenters. The molecular weight excluding hydrogens is 311 g/mol. The van der Waals surface area contributed by atoms with E-state index in [2.05, 4.69) is 0 Å². The monoisotopic (exact) mass is 328 g/mol. The third kappa shape index (κ3) is 2.63. The summed E-state index contributed by atoms with van der Waals surface area (Å²) in [6, 6.07) is 5.86. The van der Waals surface area contributed by atoms with Gasteiger partial charge >= 0.3 is 0 Å². The number of hydrogen-bond donors (Lipinski definition) is 0. The van der Waals surface area contributed by atoms with E-state index in [0.29, 0.717) is 38.7 Å². The quantitative estimate of drug-likeness (QED) is 0.744. The molecule has 2 saturated heterocycles. The van der Waals surface area contributed by atoms with Gasteiger partial charge in [0.15, 0.2) is 0 Å². The molecule has 0 aromatic heterocycles. The minimum Gasteiger partial charge on any atom is -0.299 e. The van der Waals surface area contributed by atoms with Crippen LogP contribution in [0.25, 0.3) is 0 Å². The van der Waals surface area contributed by atoms with Gasteiger partial charge < -0.3 is 0 Å². The lowest BCUT2D eigenvalue weighted by molar-refractivity contribution is -0.123. The third-order valence-corrected chi connectivity index (χ3v) is 7.01. The molecule has 3 rings (SSSR count). The molecule has 2 aliphatic rings. The van der Waals surface area contributed by atoms with Crippen LogP contribution in [0, 0.1) is 5.92 Å². The Morgan fingerprint density at radius 2 is 2.10 bits per heavy atom. The Labute approximate surface area is 134 Å². The van der Waals surface area contributed by atoms with Gasteiger partial charge in [-0.25, -0.2) is 0 Å². The van der Waals surface area contributed by atoms with Crippen molar-refractivity contribution in [2.24, 2.45) is 5.92 Å². The highest BCUT2D eigenvalue weighted by atomic mass is 35.5. The maximum absolute atomic E-state index is 12.4. The predicted octanol–water partition coefficient (Wildman–Crippen LogP) is 5.34. The van der Waals surface area contributed by atoms with Crippen LogP contribution in [0.15, 0.2) is 18.2 Å². The normalized spacial score (nSPS) is 32.4. The fraction of sp³-hybridized carbons (Fsp3) is 0.562. The molecule has 0 radical (unpaired) electrons. The standard InChI is InChI=1S/C16H18Cl2OS/c1-2-14(19)16-11(8-10-4-6-15(16)20-10)9-3-5-12(17)13(18)7-9/h3,5,7,10-11,15-16H,2,4,6,8H2,1H3/t10?,11-,15+,16-/m1/s1. The number of carbonyl (C=O) groups is 1. The van der Waals surface area contributed by atoms with Crippen LogP contribution in [-0.4, -0.2) is 16.3 Å². The second-order valence-corrected chi connectivity index (χ2v) is 8.09. The van der Waals surface area contributed by atoms with Crippen LogP contribution in [0.1, 0.15) is 44.1 Å². The van der Waals surface area contributed by atoms with E-state index in [1.807, 2.05) is 36.9 Å². The molecule has 20 heavy (non-hydrogen) atoms. The average Bonchev–Trinajstić information content (AvgIpc) is 2.82. The molecule has 1 aromatic rings. The summed E-state index contributed by atoms with van der Waals surface area (Å²) < 4.78 is 0. The van der Waals surface area contributed by atoms with E-state index < -0.39 is 0 Å². The zero-order chi connectivity index (χ0) is 14.3. The van der Waals surface area contributed by atoms with Gasteiger partial charge in [-0.15, -0.1) is 0 Å². The molecule has 1 nitrogen and oxygen atoms in total. The topological polar surface area (TPSA) is 17.1 Å². The first-order valence-corrected chi connectivity index (χ1v) is 8.93. The number of thioether (sulfide) groups is 1. The summed E-state index contributed by atoms with van der Waals surface area (Å²) in [5, 5.41) is 2.39. The summed E-state index contributed by atoms with van der Waals surface area (Å²) in [6.45, 7) is 1.97. The molecule has 0 saturated carbocycles. The largest absolute Gasteiger partial charge is 0.299 e.